The fraction of sp³-hybridized carbons (Fsp3) is 0.250. The zero-order valence-electron chi connectivity index (χ0n) is 14.4. The second-order valence-corrected chi connectivity index (χ2v) is 7.47. The van der Waals surface area contributed by atoms with E-state index in [1.54, 1.807) is 11.3 Å². The molecule has 6 heteroatoms. The lowest BCUT2D eigenvalue weighted by Crippen LogP contribution is -2.09. The van der Waals surface area contributed by atoms with E-state index in [2.05, 4.69) is 34.1 Å². The van der Waals surface area contributed by atoms with Crippen LogP contribution in [0, 0.1) is 6.92 Å². The summed E-state index contributed by atoms with van der Waals surface area (Å²) < 4.78 is 8.79. The molecule has 1 fully saturated rings. The highest BCUT2D eigenvalue weighted by Gasteiger charge is 2.22. The van der Waals surface area contributed by atoms with Crippen LogP contribution in [0.2, 0.25) is 0 Å². The van der Waals surface area contributed by atoms with Crippen molar-refractivity contribution in [3.63, 3.8) is 0 Å². The predicted octanol–water partition coefficient (Wildman–Crippen LogP) is 4.49. The first kappa shape index (κ1) is 15.7. The first-order valence-corrected chi connectivity index (χ1v) is 9.60. The molecule has 130 valence electrons. The van der Waals surface area contributed by atoms with Crippen LogP contribution in [0.4, 0.5) is 0 Å². The molecule has 4 aromatic rings. The van der Waals surface area contributed by atoms with Gasteiger partial charge in [-0.25, -0.2) is 4.98 Å². The summed E-state index contributed by atoms with van der Waals surface area (Å²) in [5.41, 5.74) is 7.98. The fourth-order valence-electron chi connectivity index (χ4n) is 3.41. The number of benzene rings is 1. The first-order valence-electron chi connectivity index (χ1n) is 8.72. The van der Waals surface area contributed by atoms with Crippen molar-refractivity contribution in [3.05, 3.63) is 53.8 Å². The normalized spacial score (nSPS) is 17.2. The average molecular weight is 362 g/mol. The van der Waals surface area contributed by atoms with Crippen molar-refractivity contribution in [1.29, 1.82) is 0 Å². The maximum absolute atomic E-state index is 5.56. The van der Waals surface area contributed by atoms with Crippen LogP contribution in [0.1, 0.15) is 18.2 Å². The maximum atomic E-state index is 5.56. The van der Waals surface area contributed by atoms with Crippen LogP contribution >= 0.6 is 11.3 Å². The SMILES string of the molecule is Cc1cccc(-c2nn([C@@H]3CCOC3)cc2-c2ccc3ncsc3c2)n1. The molecule has 0 saturated carbocycles. The van der Waals surface area contributed by atoms with Crippen molar-refractivity contribution in [2.45, 2.75) is 19.4 Å². The summed E-state index contributed by atoms with van der Waals surface area (Å²) in [6, 6.07) is 12.7. The molecule has 0 radical (unpaired) electrons. The minimum absolute atomic E-state index is 0.291. The lowest BCUT2D eigenvalue weighted by molar-refractivity contribution is 0.184. The van der Waals surface area contributed by atoms with Crippen LogP contribution < -0.4 is 0 Å². The number of ether oxygens (including phenoxy) is 1. The molecule has 4 heterocycles. The van der Waals surface area contributed by atoms with Crippen molar-refractivity contribution < 1.29 is 4.74 Å². The molecule has 1 aliphatic heterocycles. The van der Waals surface area contributed by atoms with E-state index >= 15 is 0 Å². The summed E-state index contributed by atoms with van der Waals surface area (Å²) in [5, 5.41) is 4.91. The van der Waals surface area contributed by atoms with Gasteiger partial charge in [-0.2, -0.15) is 5.10 Å². The largest absolute Gasteiger partial charge is 0.379 e. The van der Waals surface area contributed by atoms with Gasteiger partial charge in [0.2, 0.25) is 0 Å². The second-order valence-electron chi connectivity index (χ2n) is 6.59. The summed E-state index contributed by atoms with van der Waals surface area (Å²) in [4.78, 5) is 9.09. The van der Waals surface area contributed by atoms with E-state index < -0.39 is 0 Å². The Kier molecular flexibility index (Phi) is 3.80. The van der Waals surface area contributed by atoms with Gasteiger partial charge < -0.3 is 4.74 Å². The molecule has 0 bridgehead atoms. The molecule has 5 rings (SSSR count). The molecule has 1 atom stereocenters. The molecule has 1 aromatic carbocycles. The molecular formula is C20H18N4OS. The number of rotatable bonds is 3. The zero-order valence-corrected chi connectivity index (χ0v) is 15.2. The maximum Gasteiger partial charge on any atom is 0.119 e. The molecule has 0 amide bonds. The number of nitrogens with zero attached hydrogens (tertiary/aromatic N) is 4. The molecule has 0 unspecified atom stereocenters. The van der Waals surface area contributed by atoms with E-state index in [4.69, 9.17) is 14.8 Å². The Balaban J connectivity index is 1.68. The van der Waals surface area contributed by atoms with E-state index in [0.717, 1.165) is 53.4 Å². The average Bonchev–Trinajstić information content (AvgIpc) is 3.39. The van der Waals surface area contributed by atoms with Crippen molar-refractivity contribution >= 4 is 21.6 Å². The van der Waals surface area contributed by atoms with Gasteiger partial charge in [-0.15, -0.1) is 11.3 Å². The summed E-state index contributed by atoms with van der Waals surface area (Å²) in [6.45, 7) is 3.52. The lowest BCUT2D eigenvalue weighted by Gasteiger charge is -2.07. The second kappa shape index (κ2) is 6.30. The molecule has 0 spiro atoms. The van der Waals surface area contributed by atoms with Crippen LogP contribution in [0.15, 0.2) is 48.1 Å². The van der Waals surface area contributed by atoms with E-state index in [-0.39, 0.29) is 0 Å². The molecule has 3 aromatic heterocycles. The summed E-state index contributed by atoms with van der Waals surface area (Å²) >= 11 is 1.66. The summed E-state index contributed by atoms with van der Waals surface area (Å²) in [5.74, 6) is 0. The van der Waals surface area contributed by atoms with Crippen molar-refractivity contribution in [3.8, 4) is 22.5 Å². The topological polar surface area (TPSA) is 52.8 Å². The third-order valence-corrected chi connectivity index (χ3v) is 5.58. The van der Waals surface area contributed by atoms with Crippen LogP contribution in [-0.4, -0.2) is 33.0 Å². The van der Waals surface area contributed by atoms with Crippen LogP contribution in [-0.2, 0) is 4.74 Å². The molecule has 5 nitrogen and oxygen atoms in total. The number of fused-ring (bicyclic) bond motifs is 1. The van der Waals surface area contributed by atoms with Gasteiger partial charge in [0.05, 0.1) is 34.1 Å². The van der Waals surface area contributed by atoms with Gasteiger partial charge >= 0.3 is 0 Å². The number of thiazole rings is 1. The van der Waals surface area contributed by atoms with Crippen molar-refractivity contribution in [2.24, 2.45) is 0 Å². The molecule has 1 aliphatic rings. The smallest absolute Gasteiger partial charge is 0.119 e. The van der Waals surface area contributed by atoms with Gasteiger partial charge in [0.25, 0.3) is 0 Å². The third-order valence-electron chi connectivity index (χ3n) is 4.78. The molecule has 1 saturated heterocycles. The van der Waals surface area contributed by atoms with Gasteiger partial charge in [0, 0.05) is 24.1 Å². The van der Waals surface area contributed by atoms with E-state index in [1.807, 2.05) is 30.6 Å². The Bertz CT molecular complexity index is 1080. The highest BCUT2D eigenvalue weighted by molar-refractivity contribution is 7.16. The predicted molar refractivity (Wildman–Crippen MR) is 103 cm³/mol. The fourth-order valence-corrected chi connectivity index (χ4v) is 4.12. The minimum Gasteiger partial charge on any atom is -0.379 e. The standard InChI is InChI=1S/C20H18N4OS/c1-13-3-2-4-18(22-13)20-16(10-24(23-20)15-7-8-25-11-15)14-5-6-17-19(9-14)26-12-21-17/h2-6,9-10,12,15H,7-8,11H2,1H3/t15-/m1/s1. The molecule has 0 aliphatic carbocycles. The van der Waals surface area contributed by atoms with Gasteiger partial charge in [0.1, 0.15) is 5.69 Å². The van der Waals surface area contributed by atoms with E-state index in [9.17, 15) is 0 Å². The quantitative estimate of drug-likeness (QED) is 0.539. The number of pyridine rings is 1. The summed E-state index contributed by atoms with van der Waals surface area (Å²) in [7, 11) is 0. The van der Waals surface area contributed by atoms with E-state index in [0.29, 0.717) is 6.04 Å². The summed E-state index contributed by atoms with van der Waals surface area (Å²) in [6.07, 6.45) is 3.14. The van der Waals surface area contributed by atoms with Gasteiger partial charge in [-0.3, -0.25) is 9.67 Å². The lowest BCUT2D eigenvalue weighted by atomic mass is 10.0. The molecule has 0 N–H and O–H groups in total. The Morgan fingerprint density at radius 2 is 2.19 bits per heavy atom. The van der Waals surface area contributed by atoms with Crippen LogP contribution in [0.3, 0.4) is 0 Å². The monoisotopic (exact) mass is 362 g/mol. The Labute approximate surface area is 155 Å². The molecule has 26 heavy (non-hydrogen) atoms. The number of aryl methyl sites for hydroxylation is 1. The van der Waals surface area contributed by atoms with Gasteiger partial charge in [-0.1, -0.05) is 12.1 Å². The first-order chi connectivity index (χ1) is 12.8. The Hall–Kier alpha value is -2.57. The highest BCUT2D eigenvalue weighted by atomic mass is 32.1. The Morgan fingerprint density at radius 3 is 3.04 bits per heavy atom. The van der Waals surface area contributed by atoms with E-state index in [1.165, 1.54) is 4.70 Å². The van der Waals surface area contributed by atoms with Crippen molar-refractivity contribution in [1.82, 2.24) is 19.7 Å². The minimum atomic E-state index is 0.291. The number of hydrogen-bond donors (Lipinski definition) is 0. The third kappa shape index (κ3) is 2.71. The van der Waals surface area contributed by atoms with Gasteiger partial charge in [-0.05, 0) is 43.2 Å². The zero-order chi connectivity index (χ0) is 17.5. The van der Waals surface area contributed by atoms with Crippen LogP contribution in [0.25, 0.3) is 32.7 Å². The van der Waals surface area contributed by atoms with Gasteiger partial charge in [0.15, 0.2) is 0 Å². The number of aromatic nitrogens is 4. The van der Waals surface area contributed by atoms with Crippen molar-refractivity contribution in [2.75, 3.05) is 13.2 Å². The molecular weight excluding hydrogens is 344 g/mol. The Morgan fingerprint density at radius 1 is 1.23 bits per heavy atom. The number of hydrogen-bond acceptors (Lipinski definition) is 5. The highest BCUT2D eigenvalue weighted by Crippen LogP contribution is 2.34. The van der Waals surface area contributed by atoms with Crippen LogP contribution in [0.5, 0.6) is 0 Å².